The lowest BCUT2D eigenvalue weighted by Gasteiger charge is -2.12. The van der Waals surface area contributed by atoms with Crippen LogP contribution in [0.5, 0.6) is 0 Å². The van der Waals surface area contributed by atoms with Gasteiger partial charge in [0.25, 0.3) is 11.8 Å². The van der Waals surface area contributed by atoms with E-state index in [0.717, 1.165) is 19.3 Å². The normalized spacial score (nSPS) is 14.1. The van der Waals surface area contributed by atoms with Crippen molar-refractivity contribution < 1.29 is 14.4 Å². The average molecular weight is 247 g/mol. The molecule has 1 aliphatic heterocycles. The van der Waals surface area contributed by atoms with Gasteiger partial charge in [-0.1, -0.05) is 6.42 Å². The van der Waals surface area contributed by atoms with Gasteiger partial charge >= 0.3 is 0 Å². The Morgan fingerprint density at radius 2 is 1.78 bits per heavy atom. The summed E-state index contributed by atoms with van der Waals surface area (Å²) in [4.78, 5) is 35.0. The molecule has 0 atom stereocenters. The van der Waals surface area contributed by atoms with E-state index in [4.69, 9.17) is 6.42 Å². The van der Waals surface area contributed by atoms with E-state index in [1.54, 1.807) is 0 Å². The number of nitrogens with zero attached hydrogens (tertiary/aromatic N) is 1. The highest BCUT2D eigenvalue weighted by molar-refractivity contribution is 6.12. The standard InChI is InChI=1S/C14H17NO3/c1-2-3-7-12(16)8-5-4-6-11-15-13(17)9-10-14(15)18/h1,9-10H,3-8,11H2. The van der Waals surface area contributed by atoms with Crippen LogP contribution in [-0.2, 0) is 14.4 Å². The largest absolute Gasteiger partial charge is 0.300 e. The number of rotatable bonds is 8. The molecule has 4 heteroatoms. The van der Waals surface area contributed by atoms with E-state index < -0.39 is 0 Å². The number of imide groups is 1. The maximum atomic E-state index is 11.3. The van der Waals surface area contributed by atoms with E-state index in [2.05, 4.69) is 5.92 Å². The number of ketones is 1. The van der Waals surface area contributed by atoms with E-state index in [9.17, 15) is 14.4 Å². The highest BCUT2D eigenvalue weighted by Crippen LogP contribution is 2.08. The summed E-state index contributed by atoms with van der Waals surface area (Å²) in [6.45, 7) is 0.434. The smallest absolute Gasteiger partial charge is 0.253 e. The van der Waals surface area contributed by atoms with Crippen LogP contribution < -0.4 is 0 Å². The van der Waals surface area contributed by atoms with Crippen LogP contribution in [0.4, 0.5) is 0 Å². The first-order chi connectivity index (χ1) is 8.65. The zero-order valence-electron chi connectivity index (χ0n) is 10.4. The van der Waals surface area contributed by atoms with Crippen LogP contribution in [0.2, 0.25) is 0 Å². The van der Waals surface area contributed by atoms with Crippen molar-refractivity contribution in [2.24, 2.45) is 0 Å². The highest BCUT2D eigenvalue weighted by Gasteiger charge is 2.22. The van der Waals surface area contributed by atoms with Crippen molar-refractivity contribution in [3.05, 3.63) is 12.2 Å². The summed E-state index contributed by atoms with van der Waals surface area (Å²) >= 11 is 0. The summed E-state index contributed by atoms with van der Waals surface area (Å²) in [5.41, 5.74) is 0. The second kappa shape index (κ2) is 7.44. The summed E-state index contributed by atoms with van der Waals surface area (Å²) < 4.78 is 0. The lowest BCUT2D eigenvalue weighted by atomic mass is 10.1. The molecule has 0 N–H and O–H groups in total. The Kier molecular flexibility index (Phi) is 5.86. The molecule has 0 saturated heterocycles. The van der Waals surface area contributed by atoms with Gasteiger partial charge in [0.1, 0.15) is 5.78 Å². The number of amides is 2. The van der Waals surface area contributed by atoms with Gasteiger partial charge in [0, 0.05) is 38.0 Å². The predicted octanol–water partition coefficient (Wildman–Crippen LogP) is 1.45. The third-order valence-electron chi connectivity index (χ3n) is 2.79. The molecule has 0 aromatic carbocycles. The van der Waals surface area contributed by atoms with Gasteiger partial charge in [-0.2, -0.15) is 0 Å². The monoisotopic (exact) mass is 247 g/mol. The molecule has 0 fully saturated rings. The van der Waals surface area contributed by atoms with Gasteiger partial charge in [-0.15, -0.1) is 12.3 Å². The zero-order chi connectivity index (χ0) is 13.4. The first-order valence-corrected chi connectivity index (χ1v) is 6.14. The SMILES string of the molecule is C#CCCC(=O)CCCCCN1C(=O)C=CC1=O. The molecule has 96 valence electrons. The van der Waals surface area contributed by atoms with Crippen LogP contribution in [0, 0.1) is 12.3 Å². The molecule has 0 unspecified atom stereocenters. The molecule has 4 nitrogen and oxygen atoms in total. The Balaban J connectivity index is 2.06. The lowest BCUT2D eigenvalue weighted by Crippen LogP contribution is -2.30. The number of Topliss-reactive ketones (excluding diaryl/α,β-unsaturated/α-hetero) is 1. The van der Waals surface area contributed by atoms with Gasteiger partial charge in [-0.05, 0) is 12.8 Å². The summed E-state index contributed by atoms with van der Waals surface area (Å²) in [5, 5.41) is 0. The van der Waals surface area contributed by atoms with Crippen molar-refractivity contribution >= 4 is 17.6 Å². The molecule has 1 aliphatic rings. The Morgan fingerprint density at radius 3 is 2.39 bits per heavy atom. The molecule has 0 spiro atoms. The van der Waals surface area contributed by atoms with E-state index >= 15 is 0 Å². The first-order valence-electron chi connectivity index (χ1n) is 6.14. The van der Waals surface area contributed by atoms with Gasteiger partial charge in [-0.25, -0.2) is 0 Å². The summed E-state index contributed by atoms with van der Waals surface area (Å²) in [5.74, 6) is 2.13. The average Bonchev–Trinajstić information content (AvgIpc) is 2.67. The second-order valence-corrected chi connectivity index (χ2v) is 4.21. The van der Waals surface area contributed by atoms with Crippen molar-refractivity contribution in [3.63, 3.8) is 0 Å². The van der Waals surface area contributed by atoms with Gasteiger partial charge in [0.05, 0.1) is 0 Å². The van der Waals surface area contributed by atoms with Crippen LogP contribution in [0.1, 0.15) is 38.5 Å². The molecule has 0 aliphatic carbocycles. The topological polar surface area (TPSA) is 54.5 Å². The quantitative estimate of drug-likeness (QED) is 0.370. The van der Waals surface area contributed by atoms with Crippen molar-refractivity contribution in [2.45, 2.75) is 38.5 Å². The first kappa shape index (κ1) is 14.2. The third kappa shape index (κ3) is 4.54. The molecule has 0 saturated carbocycles. The summed E-state index contributed by atoms with van der Waals surface area (Å²) in [6, 6.07) is 0. The summed E-state index contributed by atoms with van der Waals surface area (Å²) in [7, 11) is 0. The molecule has 0 aromatic rings. The predicted molar refractivity (Wildman–Crippen MR) is 67.4 cm³/mol. The Labute approximate surface area is 107 Å². The Morgan fingerprint density at radius 1 is 1.11 bits per heavy atom. The van der Waals surface area contributed by atoms with E-state index in [1.165, 1.54) is 17.1 Å². The molecular weight excluding hydrogens is 230 g/mol. The summed E-state index contributed by atoms with van der Waals surface area (Å²) in [6.07, 6.45) is 11.5. The minimum atomic E-state index is -0.245. The minimum absolute atomic E-state index is 0.183. The number of carbonyl (C=O) groups excluding carboxylic acids is 3. The van der Waals surface area contributed by atoms with Crippen LogP contribution in [0.3, 0.4) is 0 Å². The van der Waals surface area contributed by atoms with Crippen LogP contribution in [0.15, 0.2) is 12.2 Å². The number of hydrogen-bond acceptors (Lipinski definition) is 3. The van der Waals surface area contributed by atoms with Crippen LogP contribution >= 0.6 is 0 Å². The minimum Gasteiger partial charge on any atom is -0.300 e. The highest BCUT2D eigenvalue weighted by atomic mass is 16.2. The van der Waals surface area contributed by atoms with Crippen molar-refractivity contribution in [2.75, 3.05) is 6.54 Å². The molecule has 0 bridgehead atoms. The van der Waals surface area contributed by atoms with E-state index in [1.807, 2.05) is 0 Å². The maximum absolute atomic E-state index is 11.3. The van der Waals surface area contributed by atoms with E-state index in [0.29, 0.717) is 25.8 Å². The van der Waals surface area contributed by atoms with Crippen LogP contribution in [-0.4, -0.2) is 29.0 Å². The maximum Gasteiger partial charge on any atom is 0.253 e. The van der Waals surface area contributed by atoms with Crippen molar-refractivity contribution in [1.29, 1.82) is 0 Å². The van der Waals surface area contributed by atoms with Crippen LogP contribution in [0.25, 0.3) is 0 Å². The number of terminal acetylenes is 1. The van der Waals surface area contributed by atoms with Gasteiger partial charge < -0.3 is 0 Å². The Hall–Kier alpha value is -1.89. The fraction of sp³-hybridized carbons (Fsp3) is 0.500. The number of carbonyl (C=O) groups is 3. The van der Waals surface area contributed by atoms with Gasteiger partial charge in [0.15, 0.2) is 0 Å². The Bertz CT molecular complexity index is 386. The van der Waals surface area contributed by atoms with Crippen molar-refractivity contribution in [1.82, 2.24) is 4.90 Å². The third-order valence-corrected chi connectivity index (χ3v) is 2.79. The second-order valence-electron chi connectivity index (χ2n) is 4.21. The molecule has 0 radical (unpaired) electrons. The van der Waals surface area contributed by atoms with Crippen molar-refractivity contribution in [3.8, 4) is 12.3 Å². The lowest BCUT2D eigenvalue weighted by molar-refractivity contribution is -0.136. The fourth-order valence-corrected chi connectivity index (χ4v) is 1.76. The number of hydrogen-bond donors (Lipinski definition) is 0. The molecule has 0 aromatic heterocycles. The molecular formula is C14H17NO3. The van der Waals surface area contributed by atoms with Gasteiger partial charge in [-0.3, -0.25) is 19.3 Å². The zero-order valence-corrected chi connectivity index (χ0v) is 10.4. The van der Waals surface area contributed by atoms with Gasteiger partial charge in [0.2, 0.25) is 0 Å². The molecule has 1 heterocycles. The van der Waals surface area contributed by atoms with E-state index in [-0.39, 0.29) is 17.6 Å². The molecule has 1 rings (SSSR count). The molecule has 2 amide bonds. The molecule has 18 heavy (non-hydrogen) atoms. The number of unbranched alkanes of at least 4 members (excludes halogenated alkanes) is 2. The fourth-order valence-electron chi connectivity index (χ4n) is 1.76.